The van der Waals surface area contributed by atoms with Crippen molar-refractivity contribution >= 4 is 27.8 Å². The van der Waals surface area contributed by atoms with Crippen molar-refractivity contribution in [2.24, 2.45) is 5.92 Å². The number of likely N-dealkylation sites (N-methyl/N-ethyl adjacent to an activating group) is 1. The molecule has 8 nitrogen and oxygen atoms in total. The first-order chi connectivity index (χ1) is 11.6. The van der Waals surface area contributed by atoms with Crippen LogP contribution in [0.2, 0.25) is 0 Å². The molecule has 1 aliphatic heterocycles. The zero-order valence-corrected chi connectivity index (χ0v) is 15.0. The molecule has 1 saturated heterocycles. The summed E-state index contributed by atoms with van der Waals surface area (Å²) in [5.41, 5.74) is 0.856. The zero-order chi connectivity index (χ0) is 18.9. The van der Waals surface area contributed by atoms with Crippen molar-refractivity contribution in [2.45, 2.75) is 31.2 Å². The maximum absolute atomic E-state index is 12.8. The van der Waals surface area contributed by atoms with Gasteiger partial charge < -0.3 is 10.0 Å². The highest BCUT2D eigenvalue weighted by Crippen LogP contribution is 2.36. The number of rotatable bonds is 6. The SMILES string of the molecule is CC[C@@H]1C(=O)N(S(=O)(=O)c2ccc(C)cc2)[C@H]1C(=O)N(C)CC(=O)O. The molecule has 1 aromatic rings. The Labute approximate surface area is 146 Å². The fraction of sp³-hybridized carbons (Fsp3) is 0.438. The van der Waals surface area contributed by atoms with E-state index in [2.05, 4.69) is 0 Å². The van der Waals surface area contributed by atoms with Crippen molar-refractivity contribution in [3.63, 3.8) is 0 Å². The Morgan fingerprint density at radius 3 is 2.28 bits per heavy atom. The van der Waals surface area contributed by atoms with Gasteiger partial charge in [0.05, 0.1) is 10.8 Å². The number of carboxylic acid groups (broad SMARTS) is 1. The topological polar surface area (TPSA) is 112 Å². The molecule has 25 heavy (non-hydrogen) atoms. The lowest BCUT2D eigenvalue weighted by atomic mass is 9.87. The van der Waals surface area contributed by atoms with Crippen LogP contribution in [0.3, 0.4) is 0 Å². The molecular formula is C16H20N2O6S. The Bertz CT molecular complexity index is 802. The van der Waals surface area contributed by atoms with Crippen LogP contribution in [0.5, 0.6) is 0 Å². The third-order valence-electron chi connectivity index (χ3n) is 4.19. The molecule has 2 amide bonds. The largest absolute Gasteiger partial charge is 0.480 e. The van der Waals surface area contributed by atoms with Gasteiger partial charge >= 0.3 is 5.97 Å². The molecule has 0 unspecified atom stereocenters. The van der Waals surface area contributed by atoms with E-state index < -0.39 is 46.3 Å². The molecule has 0 aliphatic carbocycles. The van der Waals surface area contributed by atoms with Crippen molar-refractivity contribution in [3.8, 4) is 0 Å². The second-order valence-corrected chi connectivity index (χ2v) is 7.81. The maximum Gasteiger partial charge on any atom is 0.323 e. The van der Waals surface area contributed by atoms with E-state index >= 15 is 0 Å². The van der Waals surface area contributed by atoms with Crippen molar-refractivity contribution in [1.29, 1.82) is 0 Å². The summed E-state index contributed by atoms with van der Waals surface area (Å²) in [7, 11) is -2.91. The van der Waals surface area contributed by atoms with Crippen LogP contribution in [0, 0.1) is 12.8 Å². The number of carbonyl (C=O) groups excluding carboxylic acids is 2. The second-order valence-electron chi connectivity index (χ2n) is 6.00. The third kappa shape index (κ3) is 3.37. The summed E-state index contributed by atoms with van der Waals surface area (Å²) in [4.78, 5) is 36.5. The monoisotopic (exact) mass is 368 g/mol. The number of hydrogen-bond acceptors (Lipinski definition) is 5. The van der Waals surface area contributed by atoms with Gasteiger partial charge in [0.2, 0.25) is 11.8 Å². The second kappa shape index (κ2) is 6.83. The first-order valence-corrected chi connectivity index (χ1v) is 9.17. The van der Waals surface area contributed by atoms with Gasteiger partial charge in [-0.1, -0.05) is 24.6 Å². The molecule has 1 aromatic carbocycles. The lowest BCUT2D eigenvalue weighted by Crippen LogP contribution is -2.68. The number of carboxylic acids is 1. The van der Waals surface area contributed by atoms with Crippen LogP contribution in [0.1, 0.15) is 18.9 Å². The van der Waals surface area contributed by atoms with Crippen LogP contribution >= 0.6 is 0 Å². The van der Waals surface area contributed by atoms with Crippen LogP contribution in [0.15, 0.2) is 29.2 Å². The van der Waals surface area contributed by atoms with Crippen molar-refractivity contribution in [3.05, 3.63) is 29.8 Å². The van der Waals surface area contributed by atoms with Gasteiger partial charge in [-0.05, 0) is 25.5 Å². The van der Waals surface area contributed by atoms with Gasteiger partial charge in [-0.3, -0.25) is 14.4 Å². The molecule has 0 radical (unpaired) electrons. The molecule has 0 aromatic heterocycles. The van der Waals surface area contributed by atoms with E-state index in [1.807, 2.05) is 0 Å². The predicted molar refractivity (Wildman–Crippen MR) is 88.1 cm³/mol. The average Bonchev–Trinajstić information content (AvgIpc) is 2.51. The first-order valence-electron chi connectivity index (χ1n) is 7.73. The van der Waals surface area contributed by atoms with Crippen LogP contribution in [-0.2, 0) is 24.4 Å². The smallest absolute Gasteiger partial charge is 0.323 e. The molecule has 0 saturated carbocycles. The fourth-order valence-electron chi connectivity index (χ4n) is 2.79. The zero-order valence-electron chi connectivity index (χ0n) is 14.2. The van der Waals surface area contributed by atoms with E-state index in [1.54, 1.807) is 26.0 Å². The minimum Gasteiger partial charge on any atom is -0.480 e. The van der Waals surface area contributed by atoms with E-state index in [1.165, 1.54) is 19.2 Å². The summed E-state index contributed by atoms with van der Waals surface area (Å²) in [5, 5.41) is 8.82. The van der Waals surface area contributed by atoms with E-state index in [-0.39, 0.29) is 11.3 Å². The Kier molecular flexibility index (Phi) is 5.17. The summed E-state index contributed by atoms with van der Waals surface area (Å²) in [6.07, 6.45) is 0.288. The first kappa shape index (κ1) is 18.9. The quantitative estimate of drug-likeness (QED) is 0.730. The number of benzene rings is 1. The van der Waals surface area contributed by atoms with Crippen molar-refractivity contribution in [2.75, 3.05) is 13.6 Å². The molecule has 1 heterocycles. The van der Waals surface area contributed by atoms with Crippen LogP contribution < -0.4 is 0 Å². The molecule has 2 atom stereocenters. The summed E-state index contributed by atoms with van der Waals surface area (Å²) >= 11 is 0. The van der Waals surface area contributed by atoms with E-state index in [9.17, 15) is 22.8 Å². The van der Waals surface area contributed by atoms with Gasteiger partial charge in [0.25, 0.3) is 10.0 Å². The number of β-lactam (4-membered cyclic amide) rings is 1. The lowest BCUT2D eigenvalue weighted by molar-refractivity contribution is -0.159. The minimum atomic E-state index is -4.18. The van der Waals surface area contributed by atoms with E-state index in [0.717, 1.165) is 10.5 Å². The molecule has 1 aliphatic rings. The van der Waals surface area contributed by atoms with Crippen LogP contribution in [-0.4, -0.2) is 60.1 Å². The number of carbonyl (C=O) groups is 3. The number of nitrogens with zero attached hydrogens (tertiary/aromatic N) is 2. The summed E-state index contributed by atoms with van der Waals surface area (Å²) in [5.74, 6) is -3.35. The molecule has 0 spiro atoms. The van der Waals surface area contributed by atoms with Crippen molar-refractivity contribution < 1.29 is 27.9 Å². The Morgan fingerprint density at radius 1 is 1.24 bits per heavy atom. The average molecular weight is 368 g/mol. The fourth-order valence-corrected chi connectivity index (χ4v) is 4.40. The summed E-state index contributed by atoms with van der Waals surface area (Å²) in [6, 6.07) is 4.73. The van der Waals surface area contributed by atoms with Crippen LogP contribution in [0.4, 0.5) is 0 Å². The molecule has 0 bridgehead atoms. The van der Waals surface area contributed by atoms with Gasteiger partial charge in [-0.15, -0.1) is 0 Å². The molecule has 136 valence electrons. The normalized spacial score (nSPS) is 20.1. The molecule has 2 rings (SSSR count). The number of hydrogen-bond donors (Lipinski definition) is 1. The van der Waals surface area contributed by atoms with Crippen molar-refractivity contribution in [1.82, 2.24) is 9.21 Å². The highest BCUT2D eigenvalue weighted by Gasteiger charge is 2.56. The summed E-state index contributed by atoms with van der Waals surface area (Å²) < 4.78 is 26.1. The minimum absolute atomic E-state index is 0.0836. The predicted octanol–water partition coefficient (Wildman–Crippen LogP) is 0.464. The van der Waals surface area contributed by atoms with Crippen LogP contribution in [0.25, 0.3) is 0 Å². The van der Waals surface area contributed by atoms with Gasteiger partial charge in [0.15, 0.2) is 0 Å². The lowest BCUT2D eigenvalue weighted by Gasteiger charge is -2.45. The van der Waals surface area contributed by atoms with Gasteiger partial charge in [0, 0.05) is 7.05 Å². The Morgan fingerprint density at radius 2 is 1.80 bits per heavy atom. The molecule has 1 N–H and O–H groups in total. The maximum atomic E-state index is 12.8. The molecule has 9 heteroatoms. The highest BCUT2D eigenvalue weighted by atomic mass is 32.2. The number of aryl methyl sites for hydroxylation is 1. The van der Waals surface area contributed by atoms with Gasteiger partial charge in [-0.2, -0.15) is 0 Å². The standard InChI is InChI=1S/C16H20N2O6S/c1-4-12-14(16(22)17(3)9-13(19)20)18(15(12)21)25(23,24)11-7-5-10(2)6-8-11/h5-8,12,14H,4,9H2,1-3H3,(H,19,20)/t12-,14+/m0/s1. The molecule has 1 fully saturated rings. The third-order valence-corrected chi connectivity index (χ3v) is 5.98. The highest BCUT2D eigenvalue weighted by molar-refractivity contribution is 7.89. The Hall–Kier alpha value is -2.42. The Balaban J connectivity index is 2.37. The van der Waals surface area contributed by atoms with E-state index in [0.29, 0.717) is 4.31 Å². The van der Waals surface area contributed by atoms with Gasteiger partial charge in [0.1, 0.15) is 12.6 Å². The molecular weight excluding hydrogens is 348 g/mol. The van der Waals surface area contributed by atoms with E-state index in [4.69, 9.17) is 5.11 Å². The number of sulfonamides is 1. The van der Waals surface area contributed by atoms with Gasteiger partial charge in [-0.25, -0.2) is 12.7 Å². The number of aliphatic carboxylic acids is 1. The summed E-state index contributed by atoms with van der Waals surface area (Å²) in [6.45, 7) is 2.90. The number of amides is 2.